The van der Waals surface area contributed by atoms with E-state index in [1.807, 2.05) is 42.6 Å². The molecule has 0 atom stereocenters. The normalized spacial score (nSPS) is 13.1. The number of hydrogen-bond donors (Lipinski definition) is 1. The highest BCUT2D eigenvalue weighted by atomic mass is 35.5. The molecule has 1 saturated carbocycles. The quantitative estimate of drug-likeness (QED) is 0.464. The van der Waals surface area contributed by atoms with Gasteiger partial charge in [0.15, 0.2) is 0 Å². The summed E-state index contributed by atoms with van der Waals surface area (Å²) in [4.78, 5) is 9.70. The molecule has 4 aromatic rings. The highest BCUT2D eigenvalue weighted by Crippen LogP contribution is 2.43. The third-order valence-electron chi connectivity index (χ3n) is 4.94. The predicted octanol–water partition coefficient (Wildman–Crippen LogP) is 6.07. The van der Waals surface area contributed by atoms with Gasteiger partial charge in [-0.25, -0.2) is 4.98 Å². The first-order valence-corrected chi connectivity index (χ1v) is 9.86. The van der Waals surface area contributed by atoms with Gasteiger partial charge in [-0.1, -0.05) is 54.1 Å². The maximum Gasteiger partial charge on any atom is 0.0788 e. The third kappa shape index (κ3) is 3.64. The SMILES string of the molecule is CN.Clc1ccc(-c2nc3ccnc(C4CC4)c3cc2-c2ccccc2)cc1. The summed E-state index contributed by atoms with van der Waals surface area (Å²) in [6.07, 6.45) is 4.34. The molecule has 28 heavy (non-hydrogen) atoms. The fourth-order valence-electron chi connectivity index (χ4n) is 3.47. The first-order chi connectivity index (χ1) is 13.8. The van der Waals surface area contributed by atoms with Gasteiger partial charge >= 0.3 is 0 Å². The number of rotatable bonds is 3. The van der Waals surface area contributed by atoms with Crippen LogP contribution < -0.4 is 5.73 Å². The lowest BCUT2D eigenvalue weighted by Crippen LogP contribution is -1.95. The number of nitrogens with zero attached hydrogens (tertiary/aromatic N) is 2. The van der Waals surface area contributed by atoms with Crippen LogP contribution in [0.4, 0.5) is 0 Å². The first-order valence-electron chi connectivity index (χ1n) is 9.48. The minimum atomic E-state index is 0.588. The fraction of sp³-hybridized carbons (Fsp3) is 0.167. The average molecular weight is 388 g/mol. The van der Waals surface area contributed by atoms with Gasteiger partial charge in [-0.05, 0) is 49.7 Å². The summed E-state index contributed by atoms with van der Waals surface area (Å²) in [6, 6.07) is 22.6. The van der Waals surface area contributed by atoms with Crippen LogP contribution in [0.1, 0.15) is 24.5 Å². The molecule has 2 aromatic heterocycles. The van der Waals surface area contributed by atoms with E-state index in [9.17, 15) is 0 Å². The standard InChI is InChI=1S/C23H17ClN2.CH5N/c24-18-10-8-17(9-11-18)23-19(15-4-2-1-3-5-15)14-20-21(26-23)12-13-25-22(20)16-6-7-16;1-2/h1-5,8-14,16H,6-7H2;2H2,1H3. The summed E-state index contributed by atoms with van der Waals surface area (Å²) in [5.41, 5.74) is 11.0. The van der Waals surface area contributed by atoms with Gasteiger partial charge in [-0.3, -0.25) is 4.98 Å². The van der Waals surface area contributed by atoms with Crippen LogP contribution in [0.5, 0.6) is 0 Å². The van der Waals surface area contributed by atoms with E-state index in [1.165, 1.54) is 31.0 Å². The zero-order valence-corrected chi connectivity index (χ0v) is 16.5. The van der Waals surface area contributed by atoms with Crippen LogP contribution >= 0.6 is 11.6 Å². The Bertz CT molecular complexity index is 1090. The zero-order valence-electron chi connectivity index (χ0n) is 15.8. The Morgan fingerprint density at radius 2 is 1.61 bits per heavy atom. The molecule has 2 heterocycles. The molecule has 0 unspecified atom stereocenters. The maximum atomic E-state index is 6.08. The Morgan fingerprint density at radius 3 is 2.29 bits per heavy atom. The smallest absolute Gasteiger partial charge is 0.0788 e. The molecule has 0 saturated heterocycles. The first kappa shape index (κ1) is 18.6. The monoisotopic (exact) mass is 387 g/mol. The van der Waals surface area contributed by atoms with Crippen molar-refractivity contribution in [2.24, 2.45) is 5.73 Å². The maximum absolute atomic E-state index is 6.08. The van der Waals surface area contributed by atoms with Gasteiger partial charge in [0.2, 0.25) is 0 Å². The Kier molecular flexibility index (Phi) is 5.38. The minimum Gasteiger partial charge on any atom is -0.333 e. The number of aromatic nitrogens is 2. The highest BCUT2D eigenvalue weighted by molar-refractivity contribution is 6.30. The molecule has 140 valence electrons. The number of halogens is 1. The topological polar surface area (TPSA) is 51.8 Å². The van der Waals surface area contributed by atoms with Crippen LogP contribution in [-0.4, -0.2) is 17.0 Å². The van der Waals surface area contributed by atoms with Crippen molar-refractivity contribution >= 4 is 22.5 Å². The predicted molar refractivity (Wildman–Crippen MR) is 118 cm³/mol. The van der Waals surface area contributed by atoms with Gasteiger partial charge in [0.1, 0.15) is 0 Å². The van der Waals surface area contributed by atoms with Gasteiger partial charge in [0.05, 0.1) is 16.9 Å². The number of fused-ring (bicyclic) bond motifs is 1. The lowest BCUT2D eigenvalue weighted by atomic mass is 9.96. The van der Waals surface area contributed by atoms with Gasteiger partial charge in [0, 0.05) is 33.7 Å². The molecule has 0 spiro atoms. The summed E-state index contributed by atoms with van der Waals surface area (Å²) in [5, 5.41) is 1.91. The second-order valence-corrected chi connectivity index (χ2v) is 7.23. The Balaban J connectivity index is 0.000000932. The molecule has 0 bridgehead atoms. The van der Waals surface area contributed by atoms with Gasteiger partial charge in [-0.2, -0.15) is 0 Å². The molecule has 1 fully saturated rings. The van der Waals surface area contributed by atoms with Crippen molar-refractivity contribution in [3.8, 4) is 22.4 Å². The molecule has 2 aromatic carbocycles. The van der Waals surface area contributed by atoms with E-state index in [0.717, 1.165) is 32.9 Å². The lowest BCUT2D eigenvalue weighted by Gasteiger charge is -2.13. The molecule has 4 heteroatoms. The molecule has 1 aliphatic carbocycles. The summed E-state index contributed by atoms with van der Waals surface area (Å²) < 4.78 is 0. The van der Waals surface area contributed by atoms with E-state index in [-0.39, 0.29) is 0 Å². The average Bonchev–Trinajstić information content (AvgIpc) is 3.60. The summed E-state index contributed by atoms with van der Waals surface area (Å²) in [6.45, 7) is 0. The number of benzene rings is 2. The molecule has 1 aliphatic rings. The lowest BCUT2D eigenvalue weighted by molar-refractivity contribution is 1.04. The molecule has 2 N–H and O–H groups in total. The molecule has 5 rings (SSSR count). The molecule has 0 aliphatic heterocycles. The summed E-state index contributed by atoms with van der Waals surface area (Å²) >= 11 is 6.08. The summed E-state index contributed by atoms with van der Waals surface area (Å²) in [7, 11) is 1.50. The number of pyridine rings is 2. The second-order valence-electron chi connectivity index (χ2n) is 6.79. The van der Waals surface area contributed by atoms with Crippen LogP contribution in [0.3, 0.4) is 0 Å². The molecule has 3 nitrogen and oxygen atoms in total. The van der Waals surface area contributed by atoms with Crippen molar-refractivity contribution < 1.29 is 0 Å². The van der Waals surface area contributed by atoms with Gasteiger partial charge < -0.3 is 5.73 Å². The zero-order chi connectivity index (χ0) is 19.5. The molecular weight excluding hydrogens is 366 g/mol. The van der Waals surface area contributed by atoms with E-state index in [1.54, 1.807) is 0 Å². The van der Waals surface area contributed by atoms with Crippen LogP contribution in [-0.2, 0) is 0 Å². The van der Waals surface area contributed by atoms with Gasteiger partial charge in [0.25, 0.3) is 0 Å². The Labute approximate surface area is 170 Å². The summed E-state index contributed by atoms with van der Waals surface area (Å²) in [5.74, 6) is 0.588. The van der Waals surface area contributed by atoms with Crippen LogP contribution in [0.25, 0.3) is 33.3 Å². The van der Waals surface area contributed by atoms with Crippen molar-refractivity contribution in [2.45, 2.75) is 18.8 Å². The number of hydrogen-bond acceptors (Lipinski definition) is 3. The largest absolute Gasteiger partial charge is 0.333 e. The Morgan fingerprint density at radius 1 is 0.893 bits per heavy atom. The van der Waals surface area contributed by atoms with Crippen LogP contribution in [0.15, 0.2) is 72.9 Å². The van der Waals surface area contributed by atoms with Gasteiger partial charge in [-0.15, -0.1) is 0 Å². The highest BCUT2D eigenvalue weighted by Gasteiger charge is 2.27. The van der Waals surface area contributed by atoms with Crippen molar-refractivity contribution in [3.63, 3.8) is 0 Å². The van der Waals surface area contributed by atoms with E-state index >= 15 is 0 Å². The van der Waals surface area contributed by atoms with Crippen molar-refractivity contribution in [1.29, 1.82) is 0 Å². The van der Waals surface area contributed by atoms with E-state index in [4.69, 9.17) is 16.6 Å². The number of nitrogens with two attached hydrogens (primary N) is 1. The van der Waals surface area contributed by atoms with Crippen LogP contribution in [0, 0.1) is 0 Å². The van der Waals surface area contributed by atoms with Crippen molar-refractivity contribution in [1.82, 2.24) is 9.97 Å². The van der Waals surface area contributed by atoms with Crippen LogP contribution in [0.2, 0.25) is 5.02 Å². The third-order valence-corrected chi connectivity index (χ3v) is 5.19. The molecule has 0 radical (unpaired) electrons. The second kappa shape index (κ2) is 8.09. The Hall–Kier alpha value is -2.75. The van der Waals surface area contributed by atoms with Crippen molar-refractivity contribution in [2.75, 3.05) is 7.05 Å². The van der Waals surface area contributed by atoms with Crippen molar-refractivity contribution in [3.05, 3.63) is 83.6 Å². The van der Waals surface area contributed by atoms with E-state index in [0.29, 0.717) is 5.92 Å². The fourth-order valence-corrected chi connectivity index (χ4v) is 3.59. The van der Waals surface area contributed by atoms with E-state index in [2.05, 4.69) is 41.0 Å². The minimum absolute atomic E-state index is 0.588. The van der Waals surface area contributed by atoms with E-state index < -0.39 is 0 Å². The molecular formula is C24H22ClN3. The molecule has 0 amide bonds.